The van der Waals surface area contributed by atoms with Crippen LogP contribution in [0.4, 0.5) is 10.5 Å². The molecule has 0 spiro atoms. The van der Waals surface area contributed by atoms with Gasteiger partial charge < -0.3 is 19.7 Å². The van der Waals surface area contributed by atoms with Crippen LogP contribution >= 0.6 is 11.6 Å². The molecule has 8 heteroatoms. The molecule has 1 aromatic heterocycles. The molecule has 7 nitrogen and oxygen atoms in total. The van der Waals surface area contributed by atoms with E-state index in [0.717, 1.165) is 29.9 Å². The molecule has 1 aliphatic rings. The highest BCUT2D eigenvalue weighted by atomic mass is 35.5. The zero-order valence-electron chi connectivity index (χ0n) is 19.4. The summed E-state index contributed by atoms with van der Waals surface area (Å²) >= 11 is 5.89. The Balaban J connectivity index is 1.67. The van der Waals surface area contributed by atoms with Gasteiger partial charge in [0.05, 0.1) is 0 Å². The number of halogens is 1. The molecule has 174 valence electrons. The Bertz CT molecular complexity index is 1080. The van der Waals surface area contributed by atoms with Gasteiger partial charge in [-0.15, -0.1) is 0 Å². The van der Waals surface area contributed by atoms with Crippen molar-refractivity contribution in [3.8, 4) is 6.07 Å². The summed E-state index contributed by atoms with van der Waals surface area (Å²) in [6, 6.07) is 10.8. The Morgan fingerprint density at radius 2 is 1.79 bits per heavy atom. The Kier molecular flexibility index (Phi) is 8.18. The van der Waals surface area contributed by atoms with Gasteiger partial charge >= 0.3 is 6.03 Å². The third-order valence-electron chi connectivity index (χ3n) is 5.88. The van der Waals surface area contributed by atoms with Crippen molar-refractivity contribution < 1.29 is 9.59 Å². The summed E-state index contributed by atoms with van der Waals surface area (Å²) in [7, 11) is 0. The number of carbonyl (C=O) groups excluding carboxylic acids is 2. The third-order valence-corrected chi connectivity index (χ3v) is 6.13. The second kappa shape index (κ2) is 11.1. The lowest BCUT2D eigenvalue weighted by Crippen LogP contribution is -2.39. The van der Waals surface area contributed by atoms with Crippen molar-refractivity contribution in [1.29, 1.82) is 5.26 Å². The lowest BCUT2D eigenvalue weighted by Gasteiger charge is -2.22. The first-order chi connectivity index (χ1) is 15.8. The zero-order chi connectivity index (χ0) is 24.0. The maximum absolute atomic E-state index is 13.1. The van der Waals surface area contributed by atoms with Crippen molar-refractivity contribution in [3.05, 3.63) is 57.9 Å². The van der Waals surface area contributed by atoms with Crippen LogP contribution in [-0.4, -0.2) is 52.5 Å². The van der Waals surface area contributed by atoms with Gasteiger partial charge in [-0.05, 0) is 68.7 Å². The van der Waals surface area contributed by atoms with Gasteiger partial charge in [0.2, 0.25) is 0 Å². The van der Waals surface area contributed by atoms with Gasteiger partial charge in [-0.1, -0.05) is 18.5 Å². The minimum atomic E-state index is -0.294. The standard InChI is InChI=1S/C25H30ClN5O2/c1-4-10-31-18(2)15-20(19(31)3)16-21(17-27)24(32)29-11-5-12-30(14-13-29)25(33)28-23-8-6-22(26)7-9-23/h6-9,15-16H,4-5,10-14H2,1-3H3,(H,28,33)/b21-16-. The van der Waals surface area contributed by atoms with E-state index < -0.39 is 0 Å². The Morgan fingerprint density at radius 3 is 2.45 bits per heavy atom. The van der Waals surface area contributed by atoms with Gasteiger partial charge in [-0.2, -0.15) is 5.26 Å². The highest BCUT2D eigenvalue weighted by molar-refractivity contribution is 6.30. The fourth-order valence-electron chi connectivity index (χ4n) is 4.07. The zero-order valence-corrected chi connectivity index (χ0v) is 20.2. The van der Waals surface area contributed by atoms with Crippen LogP contribution in [0.3, 0.4) is 0 Å². The first kappa shape index (κ1) is 24.4. The normalized spacial score (nSPS) is 14.6. The van der Waals surface area contributed by atoms with E-state index in [1.54, 1.807) is 40.1 Å². The Hall–Kier alpha value is -3.24. The van der Waals surface area contributed by atoms with Crippen molar-refractivity contribution in [3.63, 3.8) is 0 Å². The number of urea groups is 1. The van der Waals surface area contributed by atoms with E-state index in [2.05, 4.69) is 22.9 Å². The second-order valence-corrected chi connectivity index (χ2v) is 8.65. The average molecular weight is 468 g/mol. The number of rotatable bonds is 5. The summed E-state index contributed by atoms with van der Waals surface area (Å²) in [5.74, 6) is -0.294. The quantitative estimate of drug-likeness (QED) is 0.504. The molecule has 1 saturated heterocycles. The minimum Gasteiger partial charge on any atom is -0.349 e. The molecule has 1 N–H and O–H groups in total. The number of carbonyl (C=O) groups is 2. The summed E-state index contributed by atoms with van der Waals surface area (Å²) in [5, 5.41) is 13.2. The SMILES string of the molecule is CCCn1c(C)cc(/C=C(/C#N)C(=O)N2CCCN(C(=O)Nc3ccc(Cl)cc3)CC2)c1C. The number of hydrogen-bond donors (Lipinski definition) is 1. The molecule has 1 aromatic carbocycles. The summed E-state index contributed by atoms with van der Waals surface area (Å²) in [6.07, 6.45) is 3.34. The molecule has 2 heterocycles. The predicted octanol–water partition coefficient (Wildman–Crippen LogP) is 4.84. The van der Waals surface area contributed by atoms with E-state index >= 15 is 0 Å². The summed E-state index contributed by atoms with van der Waals surface area (Å²) in [4.78, 5) is 29.1. The van der Waals surface area contributed by atoms with E-state index in [1.165, 1.54) is 0 Å². The number of benzene rings is 1. The fourth-order valence-corrected chi connectivity index (χ4v) is 4.19. The summed E-state index contributed by atoms with van der Waals surface area (Å²) < 4.78 is 2.20. The molecule has 2 aromatic rings. The van der Waals surface area contributed by atoms with Crippen LogP contribution in [0, 0.1) is 25.2 Å². The Labute approximate surface area is 200 Å². The van der Waals surface area contributed by atoms with E-state index in [4.69, 9.17) is 11.6 Å². The molecule has 1 aliphatic heterocycles. The monoisotopic (exact) mass is 467 g/mol. The smallest absolute Gasteiger partial charge is 0.321 e. The molecule has 0 saturated carbocycles. The number of aryl methyl sites for hydroxylation is 1. The van der Waals surface area contributed by atoms with E-state index in [1.807, 2.05) is 19.9 Å². The predicted molar refractivity (Wildman–Crippen MR) is 131 cm³/mol. The maximum Gasteiger partial charge on any atom is 0.321 e. The molecule has 0 bridgehead atoms. The second-order valence-electron chi connectivity index (χ2n) is 8.22. The topological polar surface area (TPSA) is 81.4 Å². The van der Waals surface area contributed by atoms with Crippen molar-refractivity contribution in [1.82, 2.24) is 14.4 Å². The lowest BCUT2D eigenvalue weighted by atomic mass is 10.1. The molecular weight excluding hydrogens is 438 g/mol. The van der Waals surface area contributed by atoms with Gasteiger partial charge in [0.25, 0.3) is 5.91 Å². The van der Waals surface area contributed by atoms with Gasteiger partial charge in [0.1, 0.15) is 11.6 Å². The average Bonchev–Trinajstić information content (AvgIpc) is 2.98. The van der Waals surface area contributed by atoms with Crippen LogP contribution in [-0.2, 0) is 11.3 Å². The van der Waals surface area contributed by atoms with E-state index in [-0.39, 0.29) is 17.5 Å². The number of amides is 3. The Morgan fingerprint density at radius 1 is 1.12 bits per heavy atom. The van der Waals surface area contributed by atoms with E-state index in [9.17, 15) is 14.9 Å². The highest BCUT2D eigenvalue weighted by Gasteiger charge is 2.24. The summed E-state index contributed by atoms with van der Waals surface area (Å²) in [6.45, 7) is 8.88. The van der Waals surface area contributed by atoms with E-state index in [0.29, 0.717) is 43.3 Å². The van der Waals surface area contributed by atoms with Crippen LogP contribution in [0.25, 0.3) is 6.08 Å². The van der Waals surface area contributed by atoms with Crippen LogP contribution in [0.1, 0.15) is 36.7 Å². The molecule has 0 radical (unpaired) electrons. The molecule has 0 atom stereocenters. The number of aromatic nitrogens is 1. The van der Waals surface area contributed by atoms with Crippen molar-refractivity contribution >= 4 is 35.3 Å². The maximum atomic E-state index is 13.1. The van der Waals surface area contributed by atoms with Gasteiger partial charge in [0, 0.05) is 54.8 Å². The van der Waals surface area contributed by atoms with Crippen LogP contribution in [0.5, 0.6) is 0 Å². The van der Waals surface area contributed by atoms with Crippen molar-refractivity contribution in [2.75, 3.05) is 31.5 Å². The van der Waals surface area contributed by atoms with Crippen LogP contribution < -0.4 is 5.32 Å². The number of hydrogen-bond acceptors (Lipinski definition) is 3. The lowest BCUT2D eigenvalue weighted by molar-refractivity contribution is -0.126. The number of anilines is 1. The fraction of sp³-hybridized carbons (Fsp3) is 0.400. The molecule has 3 amide bonds. The number of nitrogens with zero attached hydrogens (tertiary/aromatic N) is 4. The van der Waals surface area contributed by atoms with Crippen LogP contribution in [0.15, 0.2) is 35.9 Å². The molecule has 0 aliphatic carbocycles. The van der Waals surface area contributed by atoms with Crippen LogP contribution in [0.2, 0.25) is 5.02 Å². The molecule has 0 unspecified atom stereocenters. The first-order valence-electron chi connectivity index (χ1n) is 11.2. The van der Waals surface area contributed by atoms with Crippen molar-refractivity contribution in [2.24, 2.45) is 0 Å². The van der Waals surface area contributed by atoms with Crippen molar-refractivity contribution in [2.45, 2.75) is 40.2 Å². The summed E-state index contributed by atoms with van der Waals surface area (Å²) in [5.41, 5.74) is 3.84. The molecule has 1 fully saturated rings. The van der Waals surface area contributed by atoms with Gasteiger partial charge in [-0.25, -0.2) is 4.79 Å². The largest absolute Gasteiger partial charge is 0.349 e. The number of nitriles is 1. The third kappa shape index (κ3) is 5.96. The van der Waals surface area contributed by atoms with Gasteiger partial charge in [0.15, 0.2) is 0 Å². The number of nitrogens with one attached hydrogen (secondary N) is 1. The molecular formula is C25H30ClN5O2. The minimum absolute atomic E-state index is 0.116. The molecule has 33 heavy (non-hydrogen) atoms. The highest BCUT2D eigenvalue weighted by Crippen LogP contribution is 2.20. The van der Waals surface area contributed by atoms with Gasteiger partial charge in [-0.3, -0.25) is 4.79 Å². The first-order valence-corrected chi connectivity index (χ1v) is 11.6. The molecule has 3 rings (SSSR count).